The first kappa shape index (κ1) is 17.0. The van der Waals surface area contributed by atoms with E-state index in [4.69, 9.17) is 12.2 Å². The van der Waals surface area contributed by atoms with Crippen LogP contribution in [0.2, 0.25) is 0 Å². The molecule has 25 heavy (non-hydrogen) atoms. The molecule has 5 nitrogen and oxygen atoms in total. The maximum Gasteiger partial charge on any atom is 0.244 e. The molecule has 1 amide bonds. The van der Waals surface area contributed by atoms with Gasteiger partial charge in [-0.2, -0.15) is 5.10 Å². The highest BCUT2D eigenvalue weighted by Crippen LogP contribution is 2.19. The number of hydrogen-bond donors (Lipinski definition) is 2. The zero-order valence-electron chi connectivity index (χ0n) is 13.8. The summed E-state index contributed by atoms with van der Waals surface area (Å²) in [5.74, 6) is -0.128. The summed E-state index contributed by atoms with van der Waals surface area (Å²) in [6.45, 7) is 3.78. The number of carbonyl (C=O) groups is 1. The van der Waals surface area contributed by atoms with Crippen LogP contribution in [0.25, 0.3) is 11.4 Å². The molecule has 0 saturated heterocycles. The Morgan fingerprint density at radius 2 is 1.96 bits per heavy atom. The van der Waals surface area contributed by atoms with Crippen LogP contribution in [0.4, 0.5) is 10.1 Å². The predicted molar refractivity (Wildman–Crippen MR) is 97.4 cm³/mol. The highest BCUT2D eigenvalue weighted by Gasteiger charge is 2.13. The molecular formula is C18H17FN4OS. The molecule has 0 unspecified atom stereocenters. The second kappa shape index (κ2) is 6.98. The van der Waals surface area contributed by atoms with E-state index in [2.05, 4.69) is 15.5 Å². The Bertz CT molecular complexity index is 975. The lowest BCUT2D eigenvalue weighted by Gasteiger charge is -2.10. The van der Waals surface area contributed by atoms with Crippen LogP contribution in [-0.4, -0.2) is 20.7 Å². The Balaban J connectivity index is 1.84. The summed E-state index contributed by atoms with van der Waals surface area (Å²) in [5.41, 5.74) is 3.21. The fourth-order valence-electron chi connectivity index (χ4n) is 2.45. The molecule has 3 aromatic rings. The van der Waals surface area contributed by atoms with Gasteiger partial charge in [0.15, 0.2) is 10.6 Å². The normalized spacial score (nSPS) is 10.7. The first-order valence-electron chi connectivity index (χ1n) is 7.72. The molecule has 0 bridgehead atoms. The fraction of sp³-hybridized carbons (Fsp3) is 0.167. The minimum atomic E-state index is -0.402. The molecule has 2 N–H and O–H groups in total. The van der Waals surface area contributed by atoms with E-state index in [1.54, 1.807) is 17.6 Å². The summed E-state index contributed by atoms with van der Waals surface area (Å²) in [6, 6.07) is 12.0. The topological polar surface area (TPSA) is 62.7 Å². The number of halogens is 1. The number of rotatable bonds is 4. The van der Waals surface area contributed by atoms with Crippen molar-refractivity contribution in [2.45, 2.75) is 20.4 Å². The van der Waals surface area contributed by atoms with Crippen molar-refractivity contribution in [2.75, 3.05) is 5.32 Å². The van der Waals surface area contributed by atoms with Crippen LogP contribution < -0.4 is 5.32 Å². The third kappa shape index (κ3) is 3.83. The van der Waals surface area contributed by atoms with E-state index in [-0.39, 0.29) is 12.5 Å². The second-order valence-electron chi connectivity index (χ2n) is 5.81. The monoisotopic (exact) mass is 356 g/mol. The lowest BCUT2D eigenvalue weighted by atomic mass is 10.1. The van der Waals surface area contributed by atoms with Gasteiger partial charge >= 0.3 is 0 Å². The summed E-state index contributed by atoms with van der Waals surface area (Å²) < 4.78 is 15.3. The van der Waals surface area contributed by atoms with Crippen molar-refractivity contribution in [1.29, 1.82) is 0 Å². The molecule has 0 aliphatic carbocycles. The summed E-state index contributed by atoms with van der Waals surface area (Å²) >= 11 is 5.23. The Morgan fingerprint density at radius 1 is 1.24 bits per heavy atom. The largest absolute Gasteiger partial charge is 0.324 e. The minimum Gasteiger partial charge on any atom is -0.324 e. The molecular weight excluding hydrogens is 339 g/mol. The molecule has 0 spiro atoms. The van der Waals surface area contributed by atoms with Gasteiger partial charge in [-0.3, -0.25) is 14.5 Å². The molecule has 0 atom stereocenters. The Morgan fingerprint density at radius 3 is 2.68 bits per heavy atom. The molecule has 0 aliphatic heterocycles. The first-order valence-corrected chi connectivity index (χ1v) is 8.13. The van der Waals surface area contributed by atoms with E-state index >= 15 is 0 Å². The number of H-pyrrole nitrogens is 1. The van der Waals surface area contributed by atoms with Crippen LogP contribution in [0, 0.1) is 24.4 Å². The molecule has 0 radical (unpaired) electrons. The number of amides is 1. The van der Waals surface area contributed by atoms with Crippen molar-refractivity contribution >= 4 is 23.8 Å². The van der Waals surface area contributed by atoms with Crippen LogP contribution in [0.5, 0.6) is 0 Å². The standard InChI is InChI=1S/C18H17FN4OS/c1-11-3-6-13(7-4-11)17-21-22-18(25)23(17)10-16(24)20-15-9-14(19)8-5-12(15)2/h3-9H,10H2,1-2H3,(H,20,24)(H,22,25). The molecule has 1 heterocycles. The van der Waals surface area contributed by atoms with Crippen LogP contribution in [0.15, 0.2) is 42.5 Å². The van der Waals surface area contributed by atoms with Gasteiger partial charge in [0.1, 0.15) is 12.4 Å². The summed E-state index contributed by atoms with van der Waals surface area (Å²) in [5, 5.41) is 9.65. The number of benzene rings is 2. The van der Waals surface area contributed by atoms with Crippen molar-refractivity contribution in [2.24, 2.45) is 0 Å². The second-order valence-corrected chi connectivity index (χ2v) is 6.20. The van der Waals surface area contributed by atoms with Crippen molar-refractivity contribution in [3.63, 3.8) is 0 Å². The summed E-state index contributed by atoms with van der Waals surface area (Å²) in [6.07, 6.45) is 0. The number of anilines is 1. The molecule has 128 valence electrons. The van der Waals surface area contributed by atoms with Gasteiger partial charge in [-0.05, 0) is 43.8 Å². The van der Waals surface area contributed by atoms with Gasteiger partial charge in [0, 0.05) is 11.3 Å². The number of carbonyl (C=O) groups excluding carboxylic acids is 1. The van der Waals surface area contributed by atoms with E-state index in [9.17, 15) is 9.18 Å². The maximum absolute atomic E-state index is 13.4. The molecule has 3 rings (SSSR count). The number of nitrogens with zero attached hydrogens (tertiary/aromatic N) is 2. The van der Waals surface area contributed by atoms with E-state index in [1.807, 2.05) is 31.2 Å². The average molecular weight is 356 g/mol. The average Bonchev–Trinajstić information content (AvgIpc) is 2.93. The van der Waals surface area contributed by atoms with E-state index in [0.29, 0.717) is 16.3 Å². The quantitative estimate of drug-likeness (QED) is 0.695. The van der Waals surface area contributed by atoms with Crippen LogP contribution in [0.3, 0.4) is 0 Å². The SMILES string of the molecule is Cc1ccc(-c2n[nH]c(=S)n2CC(=O)Nc2cc(F)ccc2C)cc1. The van der Waals surface area contributed by atoms with Crippen LogP contribution in [0.1, 0.15) is 11.1 Å². The van der Waals surface area contributed by atoms with Gasteiger partial charge in [-0.25, -0.2) is 4.39 Å². The van der Waals surface area contributed by atoms with Crippen molar-refractivity contribution < 1.29 is 9.18 Å². The summed E-state index contributed by atoms with van der Waals surface area (Å²) in [7, 11) is 0. The molecule has 1 aromatic heterocycles. The zero-order valence-corrected chi connectivity index (χ0v) is 14.7. The van der Waals surface area contributed by atoms with Crippen LogP contribution >= 0.6 is 12.2 Å². The van der Waals surface area contributed by atoms with Crippen LogP contribution in [-0.2, 0) is 11.3 Å². The highest BCUT2D eigenvalue weighted by atomic mass is 32.1. The molecule has 0 aliphatic rings. The highest BCUT2D eigenvalue weighted by molar-refractivity contribution is 7.71. The first-order chi connectivity index (χ1) is 11.9. The number of hydrogen-bond acceptors (Lipinski definition) is 3. The molecule has 2 aromatic carbocycles. The Hall–Kier alpha value is -2.80. The number of aryl methyl sites for hydroxylation is 2. The summed E-state index contributed by atoms with van der Waals surface area (Å²) in [4.78, 5) is 12.4. The number of aromatic nitrogens is 3. The zero-order chi connectivity index (χ0) is 18.0. The van der Waals surface area contributed by atoms with E-state index in [1.165, 1.54) is 12.1 Å². The molecule has 0 saturated carbocycles. The smallest absolute Gasteiger partial charge is 0.244 e. The number of nitrogens with one attached hydrogen (secondary N) is 2. The molecule has 7 heteroatoms. The molecule has 0 fully saturated rings. The fourth-order valence-corrected chi connectivity index (χ4v) is 2.65. The maximum atomic E-state index is 13.4. The van der Waals surface area contributed by atoms with Crippen molar-refractivity contribution in [3.05, 3.63) is 64.2 Å². The Kier molecular flexibility index (Phi) is 4.76. The predicted octanol–water partition coefficient (Wildman–Crippen LogP) is 4.00. The van der Waals surface area contributed by atoms with Gasteiger partial charge < -0.3 is 5.32 Å². The van der Waals surface area contributed by atoms with Gasteiger partial charge in [0.2, 0.25) is 5.91 Å². The number of aromatic amines is 1. The van der Waals surface area contributed by atoms with Gasteiger partial charge in [0.25, 0.3) is 0 Å². The Labute approximate surface area is 149 Å². The van der Waals surface area contributed by atoms with Gasteiger partial charge in [-0.1, -0.05) is 35.9 Å². The van der Waals surface area contributed by atoms with E-state index < -0.39 is 5.82 Å². The third-order valence-corrected chi connectivity index (χ3v) is 4.16. The van der Waals surface area contributed by atoms with Gasteiger partial charge in [0.05, 0.1) is 0 Å². The lowest BCUT2D eigenvalue weighted by molar-refractivity contribution is -0.116. The van der Waals surface area contributed by atoms with Crippen molar-refractivity contribution in [1.82, 2.24) is 14.8 Å². The van der Waals surface area contributed by atoms with E-state index in [0.717, 1.165) is 16.7 Å². The third-order valence-electron chi connectivity index (χ3n) is 3.84. The van der Waals surface area contributed by atoms with Crippen molar-refractivity contribution in [3.8, 4) is 11.4 Å². The van der Waals surface area contributed by atoms with Gasteiger partial charge in [-0.15, -0.1) is 0 Å². The lowest BCUT2D eigenvalue weighted by Crippen LogP contribution is -2.20. The minimum absolute atomic E-state index is 0.0193.